The summed E-state index contributed by atoms with van der Waals surface area (Å²) in [4.78, 5) is 34.9. The molecule has 0 spiro atoms. The van der Waals surface area contributed by atoms with E-state index in [-0.39, 0.29) is 31.1 Å². The number of hydrogen-bond acceptors (Lipinski definition) is 10. The summed E-state index contributed by atoms with van der Waals surface area (Å²) in [6.07, 6.45) is 4.27. The summed E-state index contributed by atoms with van der Waals surface area (Å²) in [5.74, 6) is 3.90. The summed E-state index contributed by atoms with van der Waals surface area (Å²) in [7, 11) is 0. The van der Waals surface area contributed by atoms with E-state index in [0.717, 1.165) is 45.9 Å². The standard InChI is InChI=1S/C21H24O3.C20H24O3.C19H22O4/c1-4-21(22)24-20-7-5-6-18(16-9-10-16)19(20)13-23-17-11-8-14(2)15(3)12-17;1-5-16-8-7-9-19(23-20(21)6-2)18(16)13-22-17-11-10-14(3)15(4)12-17;1-4-19(21)23-18-7-5-6-15(11-20)17(18)12-22-16-9-8-13(2)14(3)10-16/h5-8,11-12,16H,4,9-10,13H2,1-3H3;7-12H,5-6,13H2,1-4H3;5-10,20H,4,11-12H2,1-3H3. The first-order valence-corrected chi connectivity index (χ1v) is 24.3. The molecule has 0 saturated heterocycles. The van der Waals surface area contributed by atoms with Gasteiger partial charge in [0.15, 0.2) is 0 Å². The lowest BCUT2D eigenvalue weighted by Gasteiger charge is -2.16. The fourth-order valence-electron chi connectivity index (χ4n) is 7.29. The third-order valence-electron chi connectivity index (χ3n) is 12.3. The lowest BCUT2D eigenvalue weighted by atomic mass is 10.0. The Labute approximate surface area is 414 Å². The van der Waals surface area contributed by atoms with Crippen LogP contribution in [0.3, 0.4) is 0 Å². The highest BCUT2D eigenvalue weighted by molar-refractivity contribution is 5.73. The second kappa shape index (κ2) is 26.7. The van der Waals surface area contributed by atoms with Crippen molar-refractivity contribution in [3.8, 4) is 34.5 Å². The van der Waals surface area contributed by atoms with Gasteiger partial charge in [0.1, 0.15) is 54.3 Å². The van der Waals surface area contributed by atoms with Crippen LogP contribution in [0.4, 0.5) is 0 Å². The Hall–Kier alpha value is -6.91. The normalized spacial score (nSPS) is 11.5. The Morgan fingerprint density at radius 1 is 0.457 bits per heavy atom. The maximum Gasteiger partial charge on any atom is 0.310 e. The fraction of sp³-hybridized carbons (Fsp3) is 0.350. The summed E-state index contributed by atoms with van der Waals surface area (Å²) in [5.41, 5.74) is 12.9. The van der Waals surface area contributed by atoms with E-state index >= 15 is 0 Å². The van der Waals surface area contributed by atoms with Crippen LogP contribution in [0.5, 0.6) is 34.5 Å². The summed E-state index contributed by atoms with van der Waals surface area (Å²) < 4.78 is 34.1. The van der Waals surface area contributed by atoms with Gasteiger partial charge < -0.3 is 33.5 Å². The zero-order valence-electron chi connectivity index (χ0n) is 42.7. The molecule has 0 atom stereocenters. The molecule has 6 aromatic rings. The molecule has 10 nitrogen and oxygen atoms in total. The first-order chi connectivity index (χ1) is 33.7. The van der Waals surface area contributed by atoms with E-state index in [4.69, 9.17) is 28.4 Å². The smallest absolute Gasteiger partial charge is 0.310 e. The first kappa shape index (κ1) is 54.0. The highest BCUT2D eigenvalue weighted by Crippen LogP contribution is 2.44. The van der Waals surface area contributed by atoms with E-state index < -0.39 is 0 Å². The maximum absolute atomic E-state index is 11.7. The predicted octanol–water partition coefficient (Wildman–Crippen LogP) is 13.5. The molecule has 0 aromatic heterocycles. The summed E-state index contributed by atoms with van der Waals surface area (Å²) >= 11 is 0. The van der Waals surface area contributed by atoms with Gasteiger partial charge in [0.25, 0.3) is 0 Å². The molecule has 0 bridgehead atoms. The van der Waals surface area contributed by atoms with Crippen molar-refractivity contribution in [1.29, 1.82) is 0 Å². The summed E-state index contributed by atoms with van der Waals surface area (Å²) in [6, 6.07) is 35.0. The molecule has 1 fully saturated rings. The highest BCUT2D eigenvalue weighted by atomic mass is 16.5. The van der Waals surface area contributed by atoms with E-state index in [1.54, 1.807) is 39.0 Å². The second-order valence-electron chi connectivity index (χ2n) is 17.5. The van der Waals surface area contributed by atoms with Crippen LogP contribution in [0, 0.1) is 41.5 Å². The molecule has 0 aliphatic heterocycles. The van der Waals surface area contributed by atoms with Crippen LogP contribution in [0.1, 0.15) is 132 Å². The van der Waals surface area contributed by atoms with Gasteiger partial charge in [0, 0.05) is 36.0 Å². The molecule has 1 N–H and O–H groups in total. The summed E-state index contributed by atoms with van der Waals surface area (Å²) in [5, 5.41) is 9.52. The average Bonchev–Trinajstić information content (AvgIpc) is 4.22. The molecule has 70 heavy (non-hydrogen) atoms. The SMILES string of the molecule is CCC(=O)Oc1cccc(C2CC2)c1COc1ccc(C)c(C)c1.CCC(=O)Oc1cccc(CC)c1COc1ccc(C)c(C)c1.CCC(=O)Oc1cccc(CO)c1COc1ccc(C)c(C)c1. The maximum atomic E-state index is 11.7. The van der Waals surface area contributed by atoms with Crippen molar-refractivity contribution in [3.05, 3.63) is 176 Å². The first-order valence-electron chi connectivity index (χ1n) is 24.3. The number of benzene rings is 6. The Kier molecular flexibility index (Phi) is 20.6. The van der Waals surface area contributed by atoms with Gasteiger partial charge in [-0.25, -0.2) is 0 Å². The van der Waals surface area contributed by atoms with Crippen LogP contribution in [-0.4, -0.2) is 23.0 Å². The average molecular weight is 951 g/mol. The minimum Gasteiger partial charge on any atom is -0.489 e. The number of aliphatic hydroxyl groups is 1. The van der Waals surface area contributed by atoms with Gasteiger partial charge >= 0.3 is 17.9 Å². The van der Waals surface area contributed by atoms with Gasteiger partial charge in [-0.3, -0.25) is 14.4 Å². The molecule has 0 heterocycles. The number of hydrogen-bond donors (Lipinski definition) is 1. The van der Waals surface area contributed by atoms with Crippen LogP contribution in [0.25, 0.3) is 0 Å². The van der Waals surface area contributed by atoms with Crippen molar-refractivity contribution in [2.45, 2.75) is 140 Å². The number of carbonyl (C=O) groups is 3. The molecule has 10 heteroatoms. The summed E-state index contributed by atoms with van der Waals surface area (Å²) in [6.45, 7) is 20.7. The monoisotopic (exact) mass is 950 g/mol. The third-order valence-corrected chi connectivity index (χ3v) is 12.3. The minimum absolute atomic E-state index is 0.136. The second-order valence-corrected chi connectivity index (χ2v) is 17.5. The molecule has 0 radical (unpaired) electrons. The van der Waals surface area contributed by atoms with Crippen molar-refractivity contribution in [1.82, 2.24) is 0 Å². The molecule has 7 rings (SSSR count). The predicted molar refractivity (Wildman–Crippen MR) is 275 cm³/mol. The van der Waals surface area contributed by atoms with Gasteiger partial charge in [-0.2, -0.15) is 0 Å². The van der Waals surface area contributed by atoms with Crippen LogP contribution in [-0.2, 0) is 47.2 Å². The third kappa shape index (κ3) is 15.8. The number of aliphatic hydroxyl groups excluding tert-OH is 1. The number of aryl methyl sites for hydroxylation is 7. The Morgan fingerprint density at radius 3 is 1.17 bits per heavy atom. The Balaban J connectivity index is 0.000000196. The molecule has 1 aliphatic carbocycles. The fourth-order valence-corrected chi connectivity index (χ4v) is 7.29. The van der Waals surface area contributed by atoms with Crippen LogP contribution in [0.15, 0.2) is 109 Å². The van der Waals surface area contributed by atoms with Crippen molar-refractivity contribution >= 4 is 17.9 Å². The number of esters is 3. The lowest BCUT2D eigenvalue weighted by molar-refractivity contribution is -0.135. The molecule has 370 valence electrons. The molecule has 6 aromatic carbocycles. The largest absolute Gasteiger partial charge is 0.489 e. The van der Waals surface area contributed by atoms with Crippen molar-refractivity contribution in [2.75, 3.05) is 0 Å². The zero-order valence-corrected chi connectivity index (χ0v) is 42.7. The van der Waals surface area contributed by atoms with Gasteiger partial charge in [-0.1, -0.05) is 82.3 Å². The van der Waals surface area contributed by atoms with Gasteiger partial charge in [0.2, 0.25) is 0 Å². The molecule has 1 aliphatic rings. The molecular formula is C60H70O10. The Bertz CT molecular complexity index is 2590. The molecule has 0 unspecified atom stereocenters. The zero-order chi connectivity index (χ0) is 50.7. The molecule has 0 amide bonds. The number of ether oxygens (including phenoxy) is 6. The molecule has 1 saturated carbocycles. The topological polar surface area (TPSA) is 127 Å². The highest BCUT2D eigenvalue weighted by Gasteiger charge is 2.28. The van der Waals surface area contributed by atoms with E-state index in [9.17, 15) is 19.5 Å². The van der Waals surface area contributed by atoms with E-state index in [2.05, 4.69) is 52.8 Å². The van der Waals surface area contributed by atoms with Crippen LogP contribution < -0.4 is 28.4 Å². The van der Waals surface area contributed by atoms with E-state index in [0.29, 0.717) is 66.8 Å². The Morgan fingerprint density at radius 2 is 0.814 bits per heavy atom. The van der Waals surface area contributed by atoms with Gasteiger partial charge in [0.05, 0.1) is 6.61 Å². The van der Waals surface area contributed by atoms with Crippen LogP contribution >= 0.6 is 0 Å². The quantitative estimate of drug-likeness (QED) is 0.0657. The lowest BCUT2D eigenvalue weighted by Crippen LogP contribution is -2.10. The van der Waals surface area contributed by atoms with Gasteiger partial charge in [-0.15, -0.1) is 0 Å². The number of rotatable bonds is 18. The van der Waals surface area contributed by atoms with E-state index in [1.807, 2.05) is 86.6 Å². The molecular weight excluding hydrogens is 881 g/mol. The van der Waals surface area contributed by atoms with E-state index in [1.165, 1.54) is 46.2 Å². The van der Waals surface area contributed by atoms with Crippen molar-refractivity contribution in [2.24, 2.45) is 0 Å². The van der Waals surface area contributed by atoms with Gasteiger partial charge in [-0.05, 0) is 171 Å². The number of carbonyl (C=O) groups excluding carboxylic acids is 3. The van der Waals surface area contributed by atoms with Crippen molar-refractivity contribution in [3.63, 3.8) is 0 Å². The van der Waals surface area contributed by atoms with Crippen molar-refractivity contribution < 1.29 is 47.9 Å². The van der Waals surface area contributed by atoms with Crippen LogP contribution in [0.2, 0.25) is 0 Å². The minimum atomic E-state index is -0.312.